The van der Waals surface area contributed by atoms with E-state index in [1.807, 2.05) is 0 Å². The fraction of sp³-hybridized carbons (Fsp3) is 0. The van der Waals surface area contributed by atoms with Crippen LogP contribution in [0.4, 0.5) is 0 Å². The SMILES string of the molecule is O=S(=O)(Sc1ncccn1)c1ncccn1. The van der Waals surface area contributed by atoms with Crippen LogP contribution in [0.15, 0.2) is 47.2 Å². The summed E-state index contributed by atoms with van der Waals surface area (Å²) in [5.41, 5.74) is 0. The highest BCUT2D eigenvalue weighted by atomic mass is 33.1. The van der Waals surface area contributed by atoms with E-state index in [-0.39, 0.29) is 10.3 Å². The van der Waals surface area contributed by atoms with E-state index < -0.39 is 8.87 Å². The Morgan fingerprint density at radius 2 is 1.38 bits per heavy atom. The Hall–Kier alpha value is -1.54. The van der Waals surface area contributed by atoms with Crippen LogP contribution in [0.5, 0.6) is 0 Å². The van der Waals surface area contributed by atoms with E-state index in [0.717, 1.165) is 0 Å². The summed E-state index contributed by atoms with van der Waals surface area (Å²) in [4.78, 5) is 15.0. The summed E-state index contributed by atoms with van der Waals surface area (Å²) in [5.74, 6) is 0. The first kappa shape index (κ1) is 11.0. The molecular formula is C8H6N4O2S2. The van der Waals surface area contributed by atoms with E-state index in [2.05, 4.69) is 19.9 Å². The molecule has 0 aliphatic rings. The molecule has 2 aromatic rings. The number of rotatable bonds is 3. The third kappa shape index (κ3) is 2.52. The maximum Gasteiger partial charge on any atom is 0.272 e. The molecule has 0 spiro atoms. The van der Waals surface area contributed by atoms with Gasteiger partial charge in [-0.3, -0.25) is 0 Å². The van der Waals surface area contributed by atoms with Gasteiger partial charge >= 0.3 is 0 Å². The molecule has 8 heteroatoms. The molecule has 0 radical (unpaired) electrons. The van der Waals surface area contributed by atoms with E-state index in [0.29, 0.717) is 10.8 Å². The summed E-state index contributed by atoms with van der Waals surface area (Å²) in [7, 11) is -3.12. The van der Waals surface area contributed by atoms with Crippen LogP contribution in [-0.4, -0.2) is 28.4 Å². The van der Waals surface area contributed by atoms with Crippen LogP contribution in [0.3, 0.4) is 0 Å². The predicted octanol–water partition coefficient (Wildman–Crippen LogP) is 0.748. The van der Waals surface area contributed by atoms with Gasteiger partial charge in [0.25, 0.3) is 14.0 Å². The number of hydrogen-bond acceptors (Lipinski definition) is 7. The zero-order valence-electron chi connectivity index (χ0n) is 7.89. The van der Waals surface area contributed by atoms with E-state index >= 15 is 0 Å². The quantitative estimate of drug-likeness (QED) is 0.590. The minimum Gasteiger partial charge on any atom is -0.230 e. The molecular weight excluding hydrogens is 248 g/mol. The molecule has 2 aromatic heterocycles. The topological polar surface area (TPSA) is 85.7 Å². The highest BCUT2D eigenvalue weighted by molar-refractivity contribution is 8.71. The van der Waals surface area contributed by atoms with Crippen LogP contribution in [0.25, 0.3) is 0 Å². The molecule has 0 aliphatic carbocycles. The van der Waals surface area contributed by atoms with Crippen molar-refractivity contribution in [2.75, 3.05) is 0 Å². The van der Waals surface area contributed by atoms with Gasteiger partial charge in [0.1, 0.15) is 0 Å². The van der Waals surface area contributed by atoms with E-state index in [1.165, 1.54) is 24.8 Å². The lowest BCUT2D eigenvalue weighted by molar-refractivity contribution is 0.601. The number of nitrogens with zero attached hydrogens (tertiary/aromatic N) is 4. The van der Waals surface area contributed by atoms with Crippen LogP contribution in [-0.2, 0) is 8.87 Å². The summed E-state index contributed by atoms with van der Waals surface area (Å²) < 4.78 is 23.5. The van der Waals surface area contributed by atoms with Gasteiger partial charge in [-0.1, -0.05) is 0 Å². The second-order valence-corrected chi connectivity index (χ2v) is 6.22. The minimum absolute atomic E-state index is 0.148. The Kier molecular flexibility index (Phi) is 3.11. The van der Waals surface area contributed by atoms with Crippen molar-refractivity contribution in [1.82, 2.24) is 19.9 Å². The highest BCUT2D eigenvalue weighted by Crippen LogP contribution is 2.24. The smallest absolute Gasteiger partial charge is 0.230 e. The van der Waals surface area contributed by atoms with Crippen molar-refractivity contribution in [2.45, 2.75) is 10.3 Å². The molecule has 82 valence electrons. The molecule has 0 bridgehead atoms. The summed E-state index contributed by atoms with van der Waals surface area (Å²) in [6.45, 7) is 0. The molecule has 0 amide bonds. The summed E-state index contributed by atoms with van der Waals surface area (Å²) in [6.07, 6.45) is 5.67. The van der Waals surface area contributed by atoms with Crippen molar-refractivity contribution in [3.63, 3.8) is 0 Å². The molecule has 0 unspecified atom stereocenters. The molecule has 0 fully saturated rings. The molecule has 0 aliphatic heterocycles. The first-order chi connectivity index (χ1) is 7.68. The lowest BCUT2D eigenvalue weighted by atomic mass is 10.7. The van der Waals surface area contributed by atoms with Gasteiger partial charge in [-0.2, -0.15) is 0 Å². The van der Waals surface area contributed by atoms with Gasteiger partial charge in [-0.25, -0.2) is 28.4 Å². The average Bonchev–Trinajstić information content (AvgIpc) is 2.31. The van der Waals surface area contributed by atoms with Gasteiger partial charge in [-0.05, 0) is 12.1 Å². The second kappa shape index (κ2) is 4.54. The first-order valence-corrected chi connectivity index (χ1v) is 6.99. The van der Waals surface area contributed by atoms with Crippen molar-refractivity contribution < 1.29 is 8.42 Å². The zero-order chi connectivity index (χ0) is 11.4. The summed E-state index contributed by atoms with van der Waals surface area (Å²) >= 11 is 0. The van der Waals surface area contributed by atoms with Crippen LogP contribution in [0.2, 0.25) is 0 Å². The van der Waals surface area contributed by atoms with E-state index in [1.54, 1.807) is 12.1 Å². The summed E-state index contributed by atoms with van der Waals surface area (Å²) in [5, 5.41) is -0.0950. The molecule has 0 saturated heterocycles. The molecule has 6 nitrogen and oxygen atoms in total. The van der Waals surface area contributed by atoms with Crippen molar-refractivity contribution in [2.24, 2.45) is 0 Å². The van der Waals surface area contributed by atoms with Gasteiger partial charge in [0, 0.05) is 24.8 Å². The fourth-order valence-electron chi connectivity index (χ4n) is 0.878. The number of hydrogen-bond donors (Lipinski definition) is 0. The minimum atomic E-state index is -3.64. The fourth-order valence-corrected chi connectivity index (χ4v) is 3.07. The largest absolute Gasteiger partial charge is 0.272 e. The second-order valence-electron chi connectivity index (χ2n) is 2.60. The Bertz CT molecular complexity index is 559. The third-order valence-electron chi connectivity index (χ3n) is 1.49. The van der Waals surface area contributed by atoms with Crippen molar-refractivity contribution >= 4 is 19.7 Å². The van der Waals surface area contributed by atoms with Gasteiger partial charge in [0.2, 0.25) is 5.16 Å². The number of aromatic nitrogens is 4. The third-order valence-corrected chi connectivity index (χ3v) is 4.28. The van der Waals surface area contributed by atoms with Crippen molar-refractivity contribution in [3.05, 3.63) is 36.9 Å². The maximum atomic E-state index is 11.8. The van der Waals surface area contributed by atoms with E-state index in [9.17, 15) is 8.42 Å². The molecule has 16 heavy (non-hydrogen) atoms. The Morgan fingerprint density at radius 1 is 0.875 bits per heavy atom. The molecule has 0 N–H and O–H groups in total. The Labute approximate surface area is 95.5 Å². The lowest BCUT2D eigenvalue weighted by Crippen LogP contribution is -2.02. The average molecular weight is 254 g/mol. The van der Waals surface area contributed by atoms with E-state index in [4.69, 9.17) is 0 Å². The standard InChI is InChI=1S/C8H6N4O2S2/c13-16(14,8-11-5-2-6-12-8)15-7-9-3-1-4-10-7/h1-6H. The molecule has 0 saturated carbocycles. The lowest BCUT2D eigenvalue weighted by Gasteiger charge is -1.99. The highest BCUT2D eigenvalue weighted by Gasteiger charge is 2.20. The van der Waals surface area contributed by atoms with Crippen LogP contribution in [0.1, 0.15) is 0 Å². The van der Waals surface area contributed by atoms with Crippen molar-refractivity contribution in [1.29, 1.82) is 0 Å². The Morgan fingerprint density at radius 3 is 1.94 bits per heavy atom. The molecule has 0 aromatic carbocycles. The van der Waals surface area contributed by atoms with Crippen LogP contribution >= 0.6 is 10.8 Å². The molecule has 2 rings (SSSR count). The molecule has 2 heterocycles. The van der Waals surface area contributed by atoms with Gasteiger partial charge < -0.3 is 0 Å². The van der Waals surface area contributed by atoms with Gasteiger partial charge in [0.05, 0.1) is 10.8 Å². The van der Waals surface area contributed by atoms with Crippen LogP contribution in [0, 0.1) is 0 Å². The normalized spacial score (nSPS) is 11.2. The van der Waals surface area contributed by atoms with Crippen LogP contribution < -0.4 is 0 Å². The van der Waals surface area contributed by atoms with Gasteiger partial charge in [-0.15, -0.1) is 0 Å². The van der Waals surface area contributed by atoms with Crippen molar-refractivity contribution in [3.8, 4) is 0 Å². The maximum absolute atomic E-state index is 11.8. The summed E-state index contributed by atoms with van der Waals surface area (Å²) in [6, 6.07) is 3.15. The zero-order valence-corrected chi connectivity index (χ0v) is 9.52. The van der Waals surface area contributed by atoms with Gasteiger partial charge in [0.15, 0.2) is 0 Å². The molecule has 0 atom stereocenters. The first-order valence-electron chi connectivity index (χ1n) is 4.17. The monoisotopic (exact) mass is 254 g/mol. The predicted molar refractivity (Wildman–Crippen MR) is 57.1 cm³/mol. The Balaban J connectivity index is 2.29.